The maximum atomic E-state index is 11.6. The Labute approximate surface area is 101 Å². The Morgan fingerprint density at radius 2 is 1.76 bits per heavy atom. The molecule has 1 aromatic carbocycles. The monoisotopic (exact) mass is 234 g/mol. The van der Waals surface area contributed by atoms with Crippen LogP contribution in [0, 0.1) is 13.8 Å². The molecule has 2 N–H and O–H groups in total. The molecule has 1 aromatic rings. The molecular weight excluding hydrogens is 216 g/mol. The number of hydrogen-bond acceptors (Lipinski definition) is 2. The highest BCUT2D eigenvalue weighted by Crippen LogP contribution is 2.15. The lowest BCUT2D eigenvalue weighted by Gasteiger charge is -2.11. The van der Waals surface area contributed by atoms with Gasteiger partial charge in [-0.2, -0.15) is 0 Å². The number of benzene rings is 1. The van der Waals surface area contributed by atoms with Gasteiger partial charge in [0.2, 0.25) is 0 Å². The summed E-state index contributed by atoms with van der Waals surface area (Å²) < 4.78 is 0. The summed E-state index contributed by atoms with van der Waals surface area (Å²) in [5.41, 5.74) is 2.64. The normalized spacial score (nSPS) is 10.2. The molecule has 4 heteroatoms. The fourth-order valence-electron chi connectivity index (χ4n) is 1.38. The molecule has 0 atom stereocenters. The molecular formula is C13H18N2O2. The Kier molecular flexibility index (Phi) is 4.26. The summed E-state index contributed by atoms with van der Waals surface area (Å²) >= 11 is 0. The summed E-state index contributed by atoms with van der Waals surface area (Å²) in [5, 5.41) is 5.15. The van der Waals surface area contributed by atoms with E-state index in [0.717, 1.165) is 11.1 Å². The van der Waals surface area contributed by atoms with Gasteiger partial charge in [-0.1, -0.05) is 12.1 Å². The van der Waals surface area contributed by atoms with Gasteiger partial charge >= 0.3 is 11.8 Å². The minimum absolute atomic E-state index is 0.0492. The van der Waals surface area contributed by atoms with Gasteiger partial charge in [-0.15, -0.1) is 0 Å². The van der Waals surface area contributed by atoms with E-state index in [-0.39, 0.29) is 6.04 Å². The molecule has 0 aliphatic rings. The minimum Gasteiger partial charge on any atom is -0.346 e. The van der Waals surface area contributed by atoms with Crippen molar-refractivity contribution in [3.63, 3.8) is 0 Å². The van der Waals surface area contributed by atoms with Crippen LogP contribution in [0.25, 0.3) is 0 Å². The first kappa shape index (κ1) is 13.2. The second-order valence-corrected chi connectivity index (χ2v) is 4.40. The second kappa shape index (κ2) is 5.48. The van der Waals surface area contributed by atoms with Crippen LogP contribution < -0.4 is 10.6 Å². The fourth-order valence-corrected chi connectivity index (χ4v) is 1.38. The molecule has 2 amide bonds. The van der Waals surface area contributed by atoms with Crippen molar-refractivity contribution in [2.75, 3.05) is 5.32 Å². The van der Waals surface area contributed by atoms with E-state index >= 15 is 0 Å². The van der Waals surface area contributed by atoms with Gasteiger partial charge in [0.05, 0.1) is 0 Å². The van der Waals surface area contributed by atoms with E-state index in [0.29, 0.717) is 5.69 Å². The molecule has 0 unspecified atom stereocenters. The number of rotatable bonds is 2. The molecule has 0 saturated carbocycles. The van der Waals surface area contributed by atoms with Crippen LogP contribution in [0.4, 0.5) is 5.69 Å². The largest absolute Gasteiger partial charge is 0.346 e. The molecule has 0 aromatic heterocycles. The van der Waals surface area contributed by atoms with Crippen LogP contribution in [-0.4, -0.2) is 17.9 Å². The zero-order chi connectivity index (χ0) is 13.0. The van der Waals surface area contributed by atoms with Crippen LogP contribution in [0.3, 0.4) is 0 Å². The van der Waals surface area contributed by atoms with E-state index in [1.165, 1.54) is 0 Å². The van der Waals surface area contributed by atoms with E-state index < -0.39 is 11.8 Å². The van der Waals surface area contributed by atoms with E-state index in [2.05, 4.69) is 10.6 Å². The number of aryl methyl sites for hydroxylation is 2. The van der Waals surface area contributed by atoms with Gasteiger partial charge < -0.3 is 10.6 Å². The van der Waals surface area contributed by atoms with Gasteiger partial charge in [0, 0.05) is 11.7 Å². The number of carbonyl (C=O) groups excluding carboxylic acids is 2. The third-order valence-electron chi connectivity index (χ3n) is 2.27. The van der Waals surface area contributed by atoms with Crippen molar-refractivity contribution in [3.8, 4) is 0 Å². The van der Waals surface area contributed by atoms with Crippen molar-refractivity contribution in [2.45, 2.75) is 33.7 Å². The molecule has 0 aliphatic heterocycles. The Morgan fingerprint density at radius 1 is 1.12 bits per heavy atom. The van der Waals surface area contributed by atoms with Gasteiger partial charge in [0.15, 0.2) is 0 Å². The lowest BCUT2D eigenvalue weighted by molar-refractivity contribution is -0.136. The SMILES string of the molecule is Cc1ccc(C)c(NC(=O)C(=O)NC(C)C)c1. The van der Waals surface area contributed by atoms with Crippen LogP contribution in [0.5, 0.6) is 0 Å². The van der Waals surface area contributed by atoms with Gasteiger partial charge in [0.1, 0.15) is 0 Å². The molecule has 1 rings (SSSR count). The third kappa shape index (κ3) is 3.90. The predicted molar refractivity (Wildman–Crippen MR) is 67.8 cm³/mol. The molecule has 0 fully saturated rings. The van der Waals surface area contributed by atoms with Crippen molar-refractivity contribution in [1.29, 1.82) is 0 Å². The smallest absolute Gasteiger partial charge is 0.313 e. The van der Waals surface area contributed by atoms with Crippen molar-refractivity contribution in [2.24, 2.45) is 0 Å². The Hall–Kier alpha value is -1.84. The van der Waals surface area contributed by atoms with Crippen molar-refractivity contribution >= 4 is 17.5 Å². The van der Waals surface area contributed by atoms with Gasteiger partial charge in [-0.25, -0.2) is 0 Å². The lowest BCUT2D eigenvalue weighted by atomic mass is 10.1. The number of anilines is 1. The number of carbonyl (C=O) groups is 2. The lowest BCUT2D eigenvalue weighted by Crippen LogP contribution is -2.39. The molecule has 92 valence electrons. The quantitative estimate of drug-likeness (QED) is 0.766. The van der Waals surface area contributed by atoms with Crippen LogP contribution in [0.2, 0.25) is 0 Å². The average Bonchev–Trinajstić information content (AvgIpc) is 2.22. The van der Waals surface area contributed by atoms with Crippen molar-refractivity contribution < 1.29 is 9.59 Å². The van der Waals surface area contributed by atoms with Crippen LogP contribution in [0.1, 0.15) is 25.0 Å². The maximum absolute atomic E-state index is 11.6. The first-order valence-electron chi connectivity index (χ1n) is 5.59. The number of amides is 2. The Morgan fingerprint density at radius 3 is 2.35 bits per heavy atom. The molecule has 0 heterocycles. The topological polar surface area (TPSA) is 58.2 Å². The molecule has 0 bridgehead atoms. The molecule has 0 saturated heterocycles. The summed E-state index contributed by atoms with van der Waals surface area (Å²) in [6.45, 7) is 7.44. The first-order valence-corrected chi connectivity index (χ1v) is 5.59. The summed E-state index contributed by atoms with van der Waals surface area (Å²) in [6, 6.07) is 5.66. The predicted octanol–water partition coefficient (Wildman–Crippen LogP) is 1.77. The first-order chi connectivity index (χ1) is 7.90. The Balaban J connectivity index is 2.74. The van der Waals surface area contributed by atoms with Crippen molar-refractivity contribution in [1.82, 2.24) is 5.32 Å². The molecule has 0 aliphatic carbocycles. The summed E-state index contributed by atoms with van der Waals surface area (Å²) in [6.07, 6.45) is 0. The standard InChI is InChI=1S/C13H18N2O2/c1-8(2)14-12(16)13(17)15-11-7-9(3)5-6-10(11)4/h5-8H,1-4H3,(H,14,16)(H,15,17). The van der Waals surface area contributed by atoms with Gasteiger partial charge in [-0.05, 0) is 44.9 Å². The highest BCUT2D eigenvalue weighted by molar-refractivity contribution is 6.39. The van der Waals surface area contributed by atoms with Gasteiger partial charge in [-0.3, -0.25) is 9.59 Å². The molecule has 4 nitrogen and oxygen atoms in total. The second-order valence-electron chi connectivity index (χ2n) is 4.40. The average molecular weight is 234 g/mol. The zero-order valence-corrected chi connectivity index (χ0v) is 10.6. The summed E-state index contributed by atoms with van der Waals surface area (Å²) in [4.78, 5) is 23.0. The Bertz CT molecular complexity index is 439. The zero-order valence-electron chi connectivity index (χ0n) is 10.6. The van der Waals surface area contributed by atoms with E-state index in [4.69, 9.17) is 0 Å². The fraction of sp³-hybridized carbons (Fsp3) is 0.385. The summed E-state index contributed by atoms with van der Waals surface area (Å²) in [7, 11) is 0. The highest BCUT2D eigenvalue weighted by Gasteiger charge is 2.15. The van der Waals surface area contributed by atoms with Crippen LogP contribution >= 0.6 is 0 Å². The maximum Gasteiger partial charge on any atom is 0.313 e. The van der Waals surface area contributed by atoms with E-state index in [1.807, 2.05) is 45.9 Å². The minimum atomic E-state index is -0.632. The highest BCUT2D eigenvalue weighted by atomic mass is 16.2. The van der Waals surface area contributed by atoms with E-state index in [1.54, 1.807) is 0 Å². The van der Waals surface area contributed by atoms with E-state index in [9.17, 15) is 9.59 Å². The number of hydrogen-bond donors (Lipinski definition) is 2. The molecule has 0 radical (unpaired) electrons. The van der Waals surface area contributed by atoms with Crippen LogP contribution in [0.15, 0.2) is 18.2 Å². The van der Waals surface area contributed by atoms with Gasteiger partial charge in [0.25, 0.3) is 0 Å². The molecule has 0 spiro atoms. The number of nitrogens with one attached hydrogen (secondary N) is 2. The molecule has 17 heavy (non-hydrogen) atoms. The van der Waals surface area contributed by atoms with Crippen LogP contribution in [-0.2, 0) is 9.59 Å². The third-order valence-corrected chi connectivity index (χ3v) is 2.27. The van der Waals surface area contributed by atoms with Crippen molar-refractivity contribution in [3.05, 3.63) is 29.3 Å². The summed E-state index contributed by atoms with van der Waals surface area (Å²) in [5.74, 6) is -1.24.